The monoisotopic (exact) mass is 262 g/mol. The Balaban J connectivity index is 3.07. The van der Waals surface area contributed by atoms with Crippen LogP contribution in [0.1, 0.15) is 63.4 Å². The highest BCUT2D eigenvalue weighted by Gasteiger charge is 2.35. The van der Waals surface area contributed by atoms with Crippen LogP contribution < -0.4 is 0 Å². The number of rotatable bonds is 5. The van der Waals surface area contributed by atoms with Crippen molar-refractivity contribution in [3.63, 3.8) is 0 Å². The molecule has 1 aromatic rings. The van der Waals surface area contributed by atoms with E-state index < -0.39 is 5.60 Å². The Morgan fingerprint density at radius 2 is 1.53 bits per heavy atom. The molecule has 0 saturated heterocycles. The third kappa shape index (κ3) is 3.24. The summed E-state index contributed by atoms with van der Waals surface area (Å²) in [4.78, 5) is 12.6. The molecule has 0 aromatic heterocycles. The second kappa shape index (κ2) is 5.87. The zero-order valence-electron chi connectivity index (χ0n) is 13.0. The molecule has 0 bridgehead atoms. The van der Waals surface area contributed by atoms with Crippen LogP contribution in [0.2, 0.25) is 0 Å². The van der Waals surface area contributed by atoms with Crippen molar-refractivity contribution in [3.8, 4) is 0 Å². The van der Waals surface area contributed by atoms with Gasteiger partial charge in [0.2, 0.25) is 0 Å². The molecule has 19 heavy (non-hydrogen) atoms. The second-order valence-corrected chi connectivity index (χ2v) is 6.06. The van der Waals surface area contributed by atoms with E-state index >= 15 is 0 Å². The third-order valence-electron chi connectivity index (χ3n) is 3.96. The number of hydrogen-bond donors (Lipinski definition) is 0. The molecule has 1 aromatic carbocycles. The van der Waals surface area contributed by atoms with Gasteiger partial charge in [0.25, 0.3) is 0 Å². The van der Waals surface area contributed by atoms with E-state index in [1.54, 1.807) is 7.11 Å². The zero-order valence-corrected chi connectivity index (χ0v) is 13.0. The SMILES string of the molecule is CCC(CC)(OC)C(=O)c1ccc(C(C)(C)C)cc1. The summed E-state index contributed by atoms with van der Waals surface area (Å²) < 4.78 is 5.50. The molecule has 106 valence electrons. The quantitative estimate of drug-likeness (QED) is 0.736. The Morgan fingerprint density at radius 3 is 1.84 bits per heavy atom. The van der Waals surface area contributed by atoms with Crippen LogP contribution in [0.25, 0.3) is 0 Å². The van der Waals surface area contributed by atoms with Crippen LogP contribution in [-0.2, 0) is 10.2 Å². The minimum absolute atomic E-state index is 0.0838. The van der Waals surface area contributed by atoms with E-state index in [0.29, 0.717) is 12.8 Å². The van der Waals surface area contributed by atoms with Gasteiger partial charge in [-0.05, 0) is 23.8 Å². The summed E-state index contributed by atoms with van der Waals surface area (Å²) in [6.07, 6.45) is 1.39. The number of hydrogen-bond acceptors (Lipinski definition) is 2. The van der Waals surface area contributed by atoms with Gasteiger partial charge in [-0.25, -0.2) is 0 Å². The molecular formula is C17H26O2. The Hall–Kier alpha value is -1.15. The molecule has 0 amide bonds. The van der Waals surface area contributed by atoms with Gasteiger partial charge in [-0.2, -0.15) is 0 Å². The summed E-state index contributed by atoms with van der Waals surface area (Å²) in [5, 5.41) is 0. The van der Waals surface area contributed by atoms with Crippen molar-refractivity contribution in [2.24, 2.45) is 0 Å². The van der Waals surface area contributed by atoms with E-state index in [1.165, 1.54) is 5.56 Å². The first kappa shape index (κ1) is 15.9. The molecule has 1 rings (SSSR count). The molecule has 0 radical (unpaired) electrons. The molecule has 0 spiro atoms. The van der Waals surface area contributed by atoms with Crippen LogP contribution in [0.15, 0.2) is 24.3 Å². The largest absolute Gasteiger partial charge is 0.370 e. The number of methoxy groups -OCH3 is 1. The molecule has 2 heteroatoms. The minimum atomic E-state index is -0.677. The summed E-state index contributed by atoms with van der Waals surface area (Å²) >= 11 is 0. The highest BCUT2D eigenvalue weighted by Crippen LogP contribution is 2.27. The Labute approximate surface area is 117 Å². The van der Waals surface area contributed by atoms with Crippen LogP contribution in [0.4, 0.5) is 0 Å². The molecule has 0 unspecified atom stereocenters. The highest BCUT2D eigenvalue weighted by atomic mass is 16.5. The lowest BCUT2D eigenvalue weighted by Crippen LogP contribution is -2.39. The lowest BCUT2D eigenvalue weighted by Gasteiger charge is -2.28. The number of Topliss-reactive ketones (excluding diaryl/α,β-unsaturated/α-hetero) is 1. The Kier molecular flexibility index (Phi) is 4.92. The molecule has 0 atom stereocenters. The topological polar surface area (TPSA) is 26.3 Å². The van der Waals surface area contributed by atoms with Gasteiger partial charge >= 0.3 is 0 Å². The normalized spacial score (nSPS) is 12.5. The van der Waals surface area contributed by atoms with Gasteiger partial charge in [0.15, 0.2) is 5.78 Å². The summed E-state index contributed by atoms with van der Waals surface area (Å²) in [6.45, 7) is 10.5. The second-order valence-electron chi connectivity index (χ2n) is 6.06. The standard InChI is InChI=1S/C17H26O2/c1-7-17(8-2,19-6)15(18)13-9-11-14(12-10-13)16(3,4)5/h9-12H,7-8H2,1-6H3. The number of ether oxygens (including phenoxy) is 1. The van der Waals surface area contributed by atoms with Crippen molar-refractivity contribution in [2.75, 3.05) is 7.11 Å². The van der Waals surface area contributed by atoms with E-state index in [9.17, 15) is 4.79 Å². The predicted molar refractivity (Wildman–Crippen MR) is 79.8 cm³/mol. The number of carbonyl (C=O) groups excluding carboxylic acids is 1. The maximum Gasteiger partial charge on any atom is 0.194 e. The van der Waals surface area contributed by atoms with Crippen molar-refractivity contribution >= 4 is 5.78 Å². The average molecular weight is 262 g/mol. The van der Waals surface area contributed by atoms with Gasteiger partial charge in [-0.3, -0.25) is 4.79 Å². The third-order valence-corrected chi connectivity index (χ3v) is 3.96. The van der Waals surface area contributed by atoms with E-state index in [-0.39, 0.29) is 11.2 Å². The van der Waals surface area contributed by atoms with Crippen molar-refractivity contribution in [1.82, 2.24) is 0 Å². The van der Waals surface area contributed by atoms with Gasteiger partial charge in [0.05, 0.1) is 0 Å². The number of carbonyl (C=O) groups is 1. The van der Waals surface area contributed by atoms with Gasteiger partial charge in [-0.1, -0.05) is 58.9 Å². The lowest BCUT2D eigenvalue weighted by molar-refractivity contribution is -0.00261. The van der Waals surface area contributed by atoms with Crippen LogP contribution in [0.3, 0.4) is 0 Å². The summed E-state index contributed by atoms with van der Waals surface area (Å²) in [6, 6.07) is 7.92. The van der Waals surface area contributed by atoms with Gasteiger partial charge in [0, 0.05) is 12.7 Å². The predicted octanol–water partition coefficient (Wildman–Crippen LogP) is 4.37. The van der Waals surface area contributed by atoms with E-state index in [2.05, 4.69) is 20.8 Å². The van der Waals surface area contributed by atoms with Gasteiger partial charge in [-0.15, -0.1) is 0 Å². The lowest BCUT2D eigenvalue weighted by atomic mass is 9.84. The molecule has 0 saturated carbocycles. The molecule has 0 aliphatic heterocycles. The summed E-state index contributed by atoms with van der Waals surface area (Å²) in [7, 11) is 1.62. The fourth-order valence-corrected chi connectivity index (χ4v) is 2.34. The highest BCUT2D eigenvalue weighted by molar-refractivity contribution is 6.02. The Morgan fingerprint density at radius 1 is 1.05 bits per heavy atom. The number of ketones is 1. The number of benzene rings is 1. The fraction of sp³-hybridized carbons (Fsp3) is 0.588. The van der Waals surface area contributed by atoms with Crippen molar-refractivity contribution < 1.29 is 9.53 Å². The maximum atomic E-state index is 12.6. The zero-order chi connectivity index (χ0) is 14.7. The van der Waals surface area contributed by atoms with Crippen molar-refractivity contribution in [1.29, 1.82) is 0 Å². The van der Waals surface area contributed by atoms with E-state index in [0.717, 1.165) is 5.56 Å². The van der Waals surface area contributed by atoms with Crippen molar-refractivity contribution in [3.05, 3.63) is 35.4 Å². The van der Waals surface area contributed by atoms with E-state index in [1.807, 2.05) is 38.1 Å². The molecule has 0 aliphatic carbocycles. The first-order chi connectivity index (χ1) is 8.80. The molecule has 2 nitrogen and oxygen atoms in total. The summed E-state index contributed by atoms with van der Waals surface area (Å²) in [5.41, 5.74) is 1.40. The van der Waals surface area contributed by atoms with Gasteiger partial charge < -0.3 is 4.74 Å². The first-order valence-corrected chi connectivity index (χ1v) is 7.01. The maximum absolute atomic E-state index is 12.6. The molecule has 0 heterocycles. The van der Waals surface area contributed by atoms with Gasteiger partial charge in [0.1, 0.15) is 5.60 Å². The molecular weight excluding hydrogens is 236 g/mol. The minimum Gasteiger partial charge on any atom is -0.370 e. The van der Waals surface area contributed by atoms with Crippen molar-refractivity contribution in [2.45, 2.75) is 58.5 Å². The van der Waals surface area contributed by atoms with Crippen LogP contribution in [0, 0.1) is 0 Å². The Bertz CT molecular complexity index is 411. The fourth-order valence-electron chi connectivity index (χ4n) is 2.34. The van der Waals surface area contributed by atoms with Crippen LogP contribution >= 0.6 is 0 Å². The molecule has 0 N–H and O–H groups in total. The smallest absolute Gasteiger partial charge is 0.194 e. The summed E-state index contributed by atoms with van der Waals surface area (Å²) in [5.74, 6) is 0.0838. The first-order valence-electron chi connectivity index (χ1n) is 7.01. The average Bonchev–Trinajstić information content (AvgIpc) is 2.40. The van der Waals surface area contributed by atoms with E-state index in [4.69, 9.17) is 4.74 Å². The van der Waals surface area contributed by atoms with Crippen LogP contribution in [0.5, 0.6) is 0 Å². The molecule has 0 fully saturated rings. The van der Waals surface area contributed by atoms with Crippen LogP contribution in [-0.4, -0.2) is 18.5 Å². The molecule has 0 aliphatic rings.